The normalized spacial score (nSPS) is 13.7. The van der Waals surface area contributed by atoms with Gasteiger partial charge in [0.2, 0.25) is 5.91 Å². The molecule has 0 radical (unpaired) electrons. The first-order valence-electron chi connectivity index (χ1n) is 11.6. The summed E-state index contributed by atoms with van der Waals surface area (Å²) >= 11 is 0. The lowest BCUT2D eigenvalue weighted by Crippen LogP contribution is -2.39. The van der Waals surface area contributed by atoms with Gasteiger partial charge in [0.1, 0.15) is 6.61 Å². The van der Waals surface area contributed by atoms with Gasteiger partial charge in [-0.05, 0) is 34.7 Å². The fraction of sp³-hybridized carbons (Fsp3) is 0.250. The quantitative estimate of drug-likeness (QED) is 0.421. The van der Waals surface area contributed by atoms with Gasteiger partial charge in [-0.25, -0.2) is 4.79 Å². The van der Waals surface area contributed by atoms with E-state index < -0.39 is 24.1 Å². The number of hydrogen-bond donors (Lipinski definition) is 3. The first-order valence-corrected chi connectivity index (χ1v) is 11.6. The Morgan fingerprint density at radius 2 is 1.40 bits per heavy atom. The molecule has 0 aliphatic heterocycles. The van der Waals surface area contributed by atoms with Crippen LogP contribution in [0.2, 0.25) is 0 Å². The highest BCUT2D eigenvalue weighted by Crippen LogP contribution is 2.44. The molecule has 1 unspecified atom stereocenters. The van der Waals surface area contributed by atoms with Gasteiger partial charge < -0.3 is 20.5 Å². The van der Waals surface area contributed by atoms with Crippen molar-refractivity contribution in [3.63, 3.8) is 0 Å². The number of aliphatic carboxylic acids is 1. The highest BCUT2D eigenvalue weighted by atomic mass is 16.5. The topological polar surface area (TPSA) is 105 Å². The number of carbonyl (C=O) groups is 3. The Morgan fingerprint density at radius 3 is 2.00 bits per heavy atom. The zero-order valence-corrected chi connectivity index (χ0v) is 19.4. The third-order valence-electron chi connectivity index (χ3n) is 6.12. The number of carboxylic acid groups (broad SMARTS) is 1. The Balaban J connectivity index is 1.30. The predicted octanol–water partition coefficient (Wildman–Crippen LogP) is 4.64. The Labute approximate surface area is 204 Å². The van der Waals surface area contributed by atoms with Crippen molar-refractivity contribution in [1.29, 1.82) is 0 Å². The lowest BCUT2D eigenvalue weighted by Gasteiger charge is -2.20. The van der Waals surface area contributed by atoms with Gasteiger partial charge in [0.15, 0.2) is 0 Å². The number of rotatable bonds is 9. The molecule has 7 nitrogen and oxygen atoms in total. The summed E-state index contributed by atoms with van der Waals surface area (Å²) in [5, 5.41) is 14.7. The van der Waals surface area contributed by atoms with Crippen LogP contribution in [-0.2, 0) is 14.3 Å². The number of amides is 2. The Kier molecular flexibility index (Phi) is 7.45. The van der Waals surface area contributed by atoms with Gasteiger partial charge in [-0.1, -0.05) is 78.9 Å². The smallest absolute Gasteiger partial charge is 0.407 e. The van der Waals surface area contributed by atoms with Gasteiger partial charge in [-0.2, -0.15) is 0 Å². The molecular formula is C28H28N2O5. The number of hydrogen-bond acceptors (Lipinski definition) is 4. The van der Waals surface area contributed by atoms with Crippen molar-refractivity contribution in [2.45, 2.75) is 37.8 Å². The van der Waals surface area contributed by atoms with Crippen LogP contribution in [-0.4, -0.2) is 35.7 Å². The van der Waals surface area contributed by atoms with Crippen molar-refractivity contribution in [3.8, 4) is 11.1 Å². The molecule has 35 heavy (non-hydrogen) atoms. The second-order valence-electron chi connectivity index (χ2n) is 8.70. The summed E-state index contributed by atoms with van der Waals surface area (Å²) in [6.07, 6.45) is -0.839. The SMILES string of the molecule is C[C@H](CC(=O)NC(CC(=O)O)c1ccccc1)NC(=O)OCC1c2ccccc2-c2ccccc21. The summed E-state index contributed by atoms with van der Waals surface area (Å²) in [7, 11) is 0. The second kappa shape index (κ2) is 10.9. The molecule has 4 rings (SSSR count). The van der Waals surface area contributed by atoms with E-state index in [1.54, 1.807) is 31.2 Å². The largest absolute Gasteiger partial charge is 0.481 e. The van der Waals surface area contributed by atoms with Crippen molar-refractivity contribution < 1.29 is 24.2 Å². The molecule has 2 amide bonds. The Bertz CT molecular complexity index is 1170. The van der Waals surface area contributed by atoms with Crippen LogP contribution in [0.15, 0.2) is 78.9 Å². The first-order chi connectivity index (χ1) is 16.9. The van der Waals surface area contributed by atoms with Crippen LogP contribution >= 0.6 is 0 Å². The van der Waals surface area contributed by atoms with Crippen LogP contribution in [0.25, 0.3) is 11.1 Å². The maximum atomic E-state index is 12.5. The van der Waals surface area contributed by atoms with Crippen LogP contribution in [0.1, 0.15) is 48.4 Å². The molecule has 2 atom stereocenters. The van der Waals surface area contributed by atoms with Gasteiger partial charge in [-0.3, -0.25) is 9.59 Å². The minimum Gasteiger partial charge on any atom is -0.481 e. The summed E-state index contributed by atoms with van der Waals surface area (Å²) in [5.74, 6) is -1.41. The van der Waals surface area contributed by atoms with Gasteiger partial charge in [0.25, 0.3) is 0 Å². The van der Waals surface area contributed by atoms with E-state index in [-0.39, 0.29) is 31.3 Å². The molecule has 180 valence electrons. The molecule has 3 N–H and O–H groups in total. The monoisotopic (exact) mass is 472 g/mol. The molecule has 1 aliphatic carbocycles. The van der Waals surface area contributed by atoms with E-state index in [0.717, 1.165) is 22.3 Å². The lowest BCUT2D eigenvalue weighted by molar-refractivity contribution is -0.137. The maximum Gasteiger partial charge on any atom is 0.407 e. The summed E-state index contributed by atoms with van der Waals surface area (Å²) in [4.78, 5) is 36.2. The molecule has 0 heterocycles. The second-order valence-corrected chi connectivity index (χ2v) is 8.70. The van der Waals surface area contributed by atoms with Crippen LogP contribution < -0.4 is 10.6 Å². The summed E-state index contributed by atoms with van der Waals surface area (Å²) in [6.45, 7) is 1.89. The lowest BCUT2D eigenvalue weighted by atomic mass is 9.98. The summed E-state index contributed by atoms with van der Waals surface area (Å²) in [6, 6.07) is 24.0. The van der Waals surface area contributed by atoms with E-state index in [9.17, 15) is 19.5 Å². The van der Waals surface area contributed by atoms with Crippen LogP contribution in [0.4, 0.5) is 4.79 Å². The zero-order chi connectivity index (χ0) is 24.8. The number of carboxylic acids is 1. The van der Waals surface area contributed by atoms with E-state index in [4.69, 9.17) is 4.74 Å². The third kappa shape index (κ3) is 5.87. The van der Waals surface area contributed by atoms with E-state index in [1.165, 1.54) is 0 Å². The fourth-order valence-corrected chi connectivity index (χ4v) is 4.54. The number of alkyl carbamates (subject to hydrolysis) is 1. The van der Waals surface area contributed by atoms with Crippen molar-refractivity contribution >= 4 is 18.0 Å². The molecule has 0 fully saturated rings. The highest BCUT2D eigenvalue weighted by molar-refractivity contribution is 5.80. The molecule has 0 saturated carbocycles. The fourth-order valence-electron chi connectivity index (χ4n) is 4.54. The van der Waals surface area contributed by atoms with Crippen LogP contribution in [0.3, 0.4) is 0 Å². The summed E-state index contributed by atoms with van der Waals surface area (Å²) < 4.78 is 5.54. The molecule has 1 aliphatic rings. The number of ether oxygens (including phenoxy) is 1. The molecule has 0 spiro atoms. The standard InChI is InChI=1S/C28H28N2O5/c1-18(15-26(31)30-25(16-27(32)33)19-9-3-2-4-10-19)29-28(34)35-17-24-22-13-7-5-11-20(22)21-12-6-8-14-23(21)24/h2-14,18,24-25H,15-17H2,1H3,(H,29,34)(H,30,31)(H,32,33)/t18-,25?/m1/s1. The third-order valence-corrected chi connectivity index (χ3v) is 6.12. The van der Waals surface area contributed by atoms with Crippen molar-refractivity contribution in [1.82, 2.24) is 10.6 Å². The van der Waals surface area contributed by atoms with E-state index in [0.29, 0.717) is 5.56 Å². The molecule has 0 aromatic heterocycles. The van der Waals surface area contributed by atoms with Gasteiger partial charge in [-0.15, -0.1) is 0 Å². The van der Waals surface area contributed by atoms with Crippen LogP contribution in [0, 0.1) is 0 Å². The van der Waals surface area contributed by atoms with E-state index in [1.807, 2.05) is 30.3 Å². The van der Waals surface area contributed by atoms with Crippen LogP contribution in [0.5, 0.6) is 0 Å². The predicted molar refractivity (Wildman–Crippen MR) is 132 cm³/mol. The Hall–Kier alpha value is -4.13. The Morgan fingerprint density at radius 1 is 0.829 bits per heavy atom. The number of nitrogens with one attached hydrogen (secondary N) is 2. The first kappa shape index (κ1) is 24.0. The van der Waals surface area contributed by atoms with Gasteiger partial charge in [0, 0.05) is 18.4 Å². The van der Waals surface area contributed by atoms with Gasteiger partial charge in [0.05, 0.1) is 12.5 Å². The van der Waals surface area contributed by atoms with Crippen molar-refractivity contribution in [3.05, 3.63) is 95.6 Å². The molecule has 0 saturated heterocycles. The number of fused-ring (bicyclic) bond motifs is 3. The maximum absolute atomic E-state index is 12.5. The highest BCUT2D eigenvalue weighted by Gasteiger charge is 2.29. The number of benzene rings is 3. The van der Waals surface area contributed by atoms with Crippen molar-refractivity contribution in [2.75, 3.05) is 6.61 Å². The van der Waals surface area contributed by atoms with Gasteiger partial charge >= 0.3 is 12.1 Å². The molecule has 7 heteroatoms. The van der Waals surface area contributed by atoms with E-state index >= 15 is 0 Å². The summed E-state index contributed by atoms with van der Waals surface area (Å²) in [5.41, 5.74) is 5.26. The minimum absolute atomic E-state index is 0.00680. The van der Waals surface area contributed by atoms with E-state index in [2.05, 4.69) is 34.9 Å². The molecule has 3 aromatic carbocycles. The molecule has 0 bridgehead atoms. The van der Waals surface area contributed by atoms with Crippen molar-refractivity contribution in [2.24, 2.45) is 0 Å². The average Bonchev–Trinajstić information content (AvgIpc) is 3.16. The molecular weight excluding hydrogens is 444 g/mol. The average molecular weight is 473 g/mol. The minimum atomic E-state index is -1.01. The molecule has 3 aromatic rings. The zero-order valence-electron chi connectivity index (χ0n) is 19.4. The number of carbonyl (C=O) groups excluding carboxylic acids is 2.